The van der Waals surface area contributed by atoms with E-state index in [9.17, 15) is 59.4 Å². The van der Waals surface area contributed by atoms with Gasteiger partial charge in [-0.3, -0.25) is 9.59 Å². The average molecular weight is 651 g/mol. The fraction of sp³-hybridized carbons (Fsp3) is 0. The van der Waals surface area contributed by atoms with Gasteiger partial charge in [-0.1, -0.05) is 30.3 Å². The van der Waals surface area contributed by atoms with Gasteiger partial charge in [0.05, 0.1) is 0 Å². The number of allylic oxidation sites excluding steroid dienone is 1. The van der Waals surface area contributed by atoms with Crippen LogP contribution in [-0.4, -0.2) is 66.1 Å². The minimum Gasteiger partial charge on any atom is -0.508 e. The van der Waals surface area contributed by atoms with Crippen molar-refractivity contribution in [2.24, 2.45) is 0 Å². The molecule has 1 aliphatic carbocycles. The normalized spacial score (nSPS) is 18.0. The number of ether oxygens (including phenoxy) is 2. The number of carboxylic acid groups (broad SMARTS) is 2. The van der Waals surface area contributed by atoms with E-state index in [-0.39, 0.29) is 44.9 Å². The lowest BCUT2D eigenvalue weighted by atomic mass is 9.83. The van der Waals surface area contributed by atoms with Crippen LogP contribution in [-0.2, 0) is 33.4 Å². The quantitative estimate of drug-likeness (QED) is 0.127. The number of aliphatic carboxylic acids is 2. The molecule has 0 saturated carbocycles. The first-order chi connectivity index (χ1) is 22.8. The number of ketones is 2. The predicted molar refractivity (Wildman–Crippen MR) is 160 cm³/mol. The standard InChI is InChI=1S/C34H18O14/c35-16-6-1-13(2-7-16)23(31(41)42)29-27(39)22(33(45)47-29)15-5-10-18-19(11-15)20(12-21(37)26(18)38)25-28(40)30(48-34(25)46)24(32(43)44)14-3-8-17(36)9-4-14/h1-12,35-36,39-40H,(H,41,42)(H,43,44)/b29-23-,30-24+. The van der Waals surface area contributed by atoms with Crippen molar-refractivity contribution in [3.05, 3.63) is 129 Å². The summed E-state index contributed by atoms with van der Waals surface area (Å²) in [6.07, 6.45) is 0.713. The number of cyclic esters (lactones) is 2. The Kier molecular flexibility index (Phi) is 7.25. The van der Waals surface area contributed by atoms with Gasteiger partial charge in [-0.15, -0.1) is 0 Å². The molecule has 0 bridgehead atoms. The van der Waals surface area contributed by atoms with Crippen LogP contribution in [0.5, 0.6) is 11.5 Å². The van der Waals surface area contributed by atoms with Crippen LogP contribution in [0.1, 0.15) is 32.6 Å². The van der Waals surface area contributed by atoms with Crippen molar-refractivity contribution < 1.29 is 68.9 Å². The van der Waals surface area contributed by atoms with Crippen molar-refractivity contribution >= 4 is 57.7 Å². The number of aromatic hydroxyl groups is 2. The third-order valence-electron chi connectivity index (χ3n) is 7.51. The molecule has 0 fully saturated rings. The third-order valence-corrected chi connectivity index (χ3v) is 7.51. The van der Waals surface area contributed by atoms with Crippen molar-refractivity contribution in [1.29, 1.82) is 0 Å². The topological polar surface area (TPSA) is 242 Å². The Hall–Kier alpha value is -7.22. The summed E-state index contributed by atoms with van der Waals surface area (Å²) in [6, 6.07) is 12.8. The average Bonchev–Trinajstić information content (AvgIpc) is 3.49. The smallest absolute Gasteiger partial charge is 0.348 e. The van der Waals surface area contributed by atoms with Gasteiger partial charge in [-0.25, -0.2) is 19.2 Å². The van der Waals surface area contributed by atoms with Crippen molar-refractivity contribution in [2.45, 2.75) is 0 Å². The van der Waals surface area contributed by atoms with Gasteiger partial charge in [-0.05, 0) is 64.7 Å². The Labute approximate surface area is 267 Å². The molecule has 14 heteroatoms. The first kappa shape index (κ1) is 30.8. The number of aliphatic hydroxyl groups is 2. The summed E-state index contributed by atoms with van der Waals surface area (Å²) in [4.78, 5) is 76.0. The Morgan fingerprint density at radius 2 is 1.02 bits per heavy atom. The van der Waals surface area contributed by atoms with E-state index in [2.05, 4.69) is 0 Å². The summed E-state index contributed by atoms with van der Waals surface area (Å²) < 4.78 is 10.3. The zero-order valence-electron chi connectivity index (χ0n) is 23.9. The molecule has 3 aromatic rings. The number of carboxylic acids is 2. The van der Waals surface area contributed by atoms with Crippen LogP contribution < -0.4 is 0 Å². The van der Waals surface area contributed by atoms with Crippen molar-refractivity contribution in [2.75, 3.05) is 0 Å². The molecule has 6 N–H and O–H groups in total. The fourth-order valence-electron chi connectivity index (χ4n) is 5.33. The molecule has 6 rings (SSSR count). The summed E-state index contributed by atoms with van der Waals surface area (Å²) in [5.74, 6) is -11.6. The molecule has 0 unspecified atom stereocenters. The molecule has 0 atom stereocenters. The summed E-state index contributed by atoms with van der Waals surface area (Å²) in [6.45, 7) is 0. The summed E-state index contributed by atoms with van der Waals surface area (Å²) >= 11 is 0. The highest BCUT2D eigenvalue weighted by Gasteiger charge is 2.41. The van der Waals surface area contributed by atoms with Crippen LogP contribution in [0.25, 0.3) is 22.3 Å². The van der Waals surface area contributed by atoms with Gasteiger partial charge in [-0.2, -0.15) is 0 Å². The number of carbonyl (C=O) groups excluding carboxylic acids is 4. The van der Waals surface area contributed by atoms with Gasteiger partial charge in [0, 0.05) is 11.1 Å². The highest BCUT2D eigenvalue weighted by Crippen LogP contribution is 2.43. The molecule has 14 nitrogen and oxygen atoms in total. The number of Topliss-reactive ketones (excluding diaryl/α,β-unsaturated/α-hetero) is 1. The Morgan fingerprint density at radius 1 is 0.562 bits per heavy atom. The van der Waals surface area contributed by atoms with Gasteiger partial charge in [0.2, 0.25) is 11.6 Å². The molecule has 238 valence electrons. The van der Waals surface area contributed by atoms with E-state index in [0.29, 0.717) is 6.08 Å². The minimum atomic E-state index is -1.62. The van der Waals surface area contributed by atoms with Gasteiger partial charge < -0.3 is 40.1 Å². The molecule has 48 heavy (non-hydrogen) atoms. The Bertz CT molecular complexity index is 2210. The van der Waals surface area contributed by atoms with Crippen molar-refractivity contribution in [3.8, 4) is 11.5 Å². The van der Waals surface area contributed by atoms with Crippen LogP contribution in [0, 0.1) is 0 Å². The van der Waals surface area contributed by atoms with E-state index in [0.717, 1.165) is 30.3 Å². The third kappa shape index (κ3) is 4.95. The van der Waals surface area contributed by atoms with E-state index in [1.807, 2.05) is 0 Å². The molecular weight excluding hydrogens is 632 g/mol. The number of phenols is 2. The molecule has 3 aromatic carbocycles. The molecule has 0 aromatic heterocycles. The van der Waals surface area contributed by atoms with Crippen LogP contribution in [0.3, 0.4) is 0 Å². The molecule has 0 spiro atoms. The molecule has 2 heterocycles. The van der Waals surface area contributed by atoms with Gasteiger partial charge in [0.25, 0.3) is 0 Å². The van der Waals surface area contributed by atoms with Gasteiger partial charge in [0.15, 0.2) is 23.0 Å². The summed E-state index contributed by atoms with van der Waals surface area (Å²) in [7, 11) is 0. The second-order valence-electron chi connectivity index (χ2n) is 10.4. The van der Waals surface area contributed by atoms with Crippen LogP contribution in [0.2, 0.25) is 0 Å². The van der Waals surface area contributed by atoms with E-state index < -0.39 is 80.8 Å². The number of hydrogen-bond donors (Lipinski definition) is 6. The van der Waals surface area contributed by atoms with E-state index in [1.54, 1.807) is 0 Å². The SMILES string of the molecule is O=C1C=C(C2=C(O)/C(=C(\C(=O)O)c3ccc(O)cc3)OC2=O)c2cc(C3=C(O)/C(=C(/C(=O)O)c4ccc(O)cc4)OC3=O)ccc2C1=O. The number of esters is 2. The Balaban J connectivity index is 1.53. The molecule has 0 radical (unpaired) electrons. The predicted octanol–water partition coefficient (Wildman–Crippen LogP) is 3.43. The van der Waals surface area contributed by atoms with Crippen molar-refractivity contribution in [3.63, 3.8) is 0 Å². The number of phenolic OH excluding ortho intramolecular Hbond substituents is 2. The number of rotatable bonds is 6. The fourth-order valence-corrected chi connectivity index (χ4v) is 5.33. The van der Waals surface area contributed by atoms with Crippen LogP contribution in [0.15, 0.2) is 101 Å². The van der Waals surface area contributed by atoms with Crippen LogP contribution in [0.4, 0.5) is 0 Å². The lowest BCUT2D eigenvalue weighted by molar-refractivity contribution is -0.134. The number of hydrogen-bond acceptors (Lipinski definition) is 12. The first-order valence-electron chi connectivity index (χ1n) is 13.6. The first-order valence-corrected chi connectivity index (χ1v) is 13.6. The van der Waals surface area contributed by atoms with E-state index in [4.69, 9.17) is 9.47 Å². The van der Waals surface area contributed by atoms with Crippen molar-refractivity contribution in [1.82, 2.24) is 0 Å². The van der Waals surface area contributed by atoms with E-state index in [1.165, 1.54) is 36.4 Å². The molecule has 0 saturated heterocycles. The van der Waals surface area contributed by atoms with Gasteiger partial charge >= 0.3 is 23.9 Å². The molecular formula is C34H18O14. The second-order valence-corrected chi connectivity index (χ2v) is 10.4. The number of benzene rings is 3. The number of aliphatic hydroxyl groups excluding tert-OH is 2. The van der Waals surface area contributed by atoms with E-state index >= 15 is 0 Å². The minimum absolute atomic E-state index is 0.0327. The number of fused-ring (bicyclic) bond motifs is 1. The maximum absolute atomic E-state index is 13.1. The highest BCUT2D eigenvalue weighted by molar-refractivity contribution is 6.51. The van der Waals surface area contributed by atoms with Crippen LogP contribution >= 0.6 is 0 Å². The number of carbonyl (C=O) groups is 6. The zero-order chi connectivity index (χ0) is 34.6. The lowest BCUT2D eigenvalue weighted by Crippen LogP contribution is -2.21. The monoisotopic (exact) mass is 650 g/mol. The maximum Gasteiger partial charge on any atom is 0.348 e. The lowest BCUT2D eigenvalue weighted by Gasteiger charge is -2.17. The molecule has 2 aliphatic heterocycles. The van der Waals surface area contributed by atoms with Gasteiger partial charge in [0.1, 0.15) is 33.8 Å². The maximum atomic E-state index is 13.1. The second kappa shape index (κ2) is 11.3. The summed E-state index contributed by atoms with van der Waals surface area (Å²) in [5.41, 5.74) is -3.69. The zero-order valence-corrected chi connectivity index (χ0v) is 23.9. The molecule has 3 aliphatic rings. The molecule has 0 amide bonds. The Morgan fingerprint density at radius 3 is 1.50 bits per heavy atom. The highest BCUT2D eigenvalue weighted by atomic mass is 16.6. The summed E-state index contributed by atoms with van der Waals surface area (Å²) in [5, 5.41) is 61.1. The largest absolute Gasteiger partial charge is 0.508 e.